The number of nitrogens with zero attached hydrogens (tertiary/aromatic N) is 2. The van der Waals surface area contributed by atoms with Crippen LogP contribution < -0.4 is 10.2 Å². The Morgan fingerprint density at radius 2 is 1.95 bits per heavy atom. The van der Waals surface area contributed by atoms with Crippen LogP contribution in [0.4, 0.5) is 5.82 Å². The number of anilines is 1. The smallest absolute Gasteiger partial charge is 0.129 e. The van der Waals surface area contributed by atoms with Crippen molar-refractivity contribution in [3.05, 3.63) is 23.4 Å². The first-order valence-corrected chi connectivity index (χ1v) is 7.16. The van der Waals surface area contributed by atoms with Gasteiger partial charge in [-0.25, -0.2) is 4.98 Å². The van der Waals surface area contributed by atoms with Gasteiger partial charge in [-0.1, -0.05) is 27.7 Å². The highest BCUT2D eigenvalue weighted by Gasteiger charge is 2.25. The first kappa shape index (κ1) is 16.0. The van der Waals surface area contributed by atoms with Gasteiger partial charge >= 0.3 is 0 Å². The average molecular weight is 263 g/mol. The highest BCUT2D eigenvalue weighted by atomic mass is 15.2. The summed E-state index contributed by atoms with van der Waals surface area (Å²) in [7, 11) is 4.12. The topological polar surface area (TPSA) is 28.2 Å². The highest BCUT2D eigenvalue weighted by molar-refractivity contribution is 5.43. The van der Waals surface area contributed by atoms with Crippen molar-refractivity contribution < 1.29 is 0 Å². The maximum Gasteiger partial charge on any atom is 0.129 e. The van der Waals surface area contributed by atoms with Gasteiger partial charge in [0.25, 0.3) is 0 Å². The second kappa shape index (κ2) is 6.38. The van der Waals surface area contributed by atoms with Crippen LogP contribution in [0.3, 0.4) is 0 Å². The summed E-state index contributed by atoms with van der Waals surface area (Å²) in [5, 5.41) is 3.21. The summed E-state index contributed by atoms with van der Waals surface area (Å²) in [6, 6.07) is 4.82. The fraction of sp³-hybridized carbons (Fsp3) is 0.688. The molecule has 1 aromatic heterocycles. The van der Waals surface area contributed by atoms with Gasteiger partial charge in [0.2, 0.25) is 0 Å². The van der Waals surface area contributed by atoms with Crippen molar-refractivity contribution in [1.82, 2.24) is 10.3 Å². The largest absolute Gasteiger partial charge is 0.356 e. The van der Waals surface area contributed by atoms with Crippen LogP contribution >= 0.6 is 0 Å². The predicted molar refractivity (Wildman–Crippen MR) is 83.7 cm³/mol. The zero-order chi connectivity index (χ0) is 14.6. The van der Waals surface area contributed by atoms with Crippen molar-refractivity contribution in [2.45, 2.75) is 53.6 Å². The fourth-order valence-electron chi connectivity index (χ4n) is 2.08. The molecule has 0 amide bonds. The van der Waals surface area contributed by atoms with E-state index in [1.807, 2.05) is 7.05 Å². The van der Waals surface area contributed by atoms with Gasteiger partial charge in [-0.2, -0.15) is 0 Å². The average Bonchev–Trinajstić information content (AvgIpc) is 2.35. The van der Waals surface area contributed by atoms with Crippen LogP contribution in [0.25, 0.3) is 0 Å². The molecule has 3 heteroatoms. The van der Waals surface area contributed by atoms with Crippen LogP contribution in [0.5, 0.6) is 0 Å². The molecule has 1 N–H and O–H groups in total. The van der Waals surface area contributed by atoms with E-state index in [4.69, 9.17) is 4.98 Å². The zero-order valence-electron chi connectivity index (χ0n) is 13.5. The van der Waals surface area contributed by atoms with E-state index in [0.29, 0.717) is 6.04 Å². The Labute approximate surface area is 118 Å². The molecule has 108 valence electrons. The minimum absolute atomic E-state index is 0.238. The molecule has 0 aromatic carbocycles. The van der Waals surface area contributed by atoms with Gasteiger partial charge in [-0.05, 0) is 43.5 Å². The molecule has 1 rings (SSSR count). The summed E-state index contributed by atoms with van der Waals surface area (Å²) < 4.78 is 0. The first-order valence-electron chi connectivity index (χ1n) is 7.16. The quantitative estimate of drug-likeness (QED) is 0.884. The van der Waals surface area contributed by atoms with E-state index in [9.17, 15) is 0 Å². The van der Waals surface area contributed by atoms with E-state index in [1.165, 1.54) is 5.56 Å². The van der Waals surface area contributed by atoms with Crippen molar-refractivity contribution >= 4 is 5.82 Å². The summed E-state index contributed by atoms with van der Waals surface area (Å²) in [6.07, 6.45) is 0.974. The summed E-state index contributed by atoms with van der Waals surface area (Å²) in [6.45, 7) is 12.1. The Kier molecular flexibility index (Phi) is 5.36. The molecule has 1 aromatic rings. The van der Waals surface area contributed by atoms with Crippen molar-refractivity contribution in [2.24, 2.45) is 5.41 Å². The standard InChI is InChI=1S/C16H29N3/c1-8-14-9-13(11-17-6)10-15(18-14)19(7)12(2)16(3,4)5/h9-10,12,17H,8,11H2,1-7H3. The van der Waals surface area contributed by atoms with Gasteiger partial charge in [0.1, 0.15) is 5.82 Å². The van der Waals surface area contributed by atoms with Crippen LogP contribution in [0.2, 0.25) is 0 Å². The monoisotopic (exact) mass is 263 g/mol. The highest BCUT2D eigenvalue weighted by Crippen LogP contribution is 2.27. The molecule has 0 spiro atoms. The fourth-order valence-corrected chi connectivity index (χ4v) is 2.08. The maximum atomic E-state index is 4.77. The molecule has 0 fully saturated rings. The Morgan fingerprint density at radius 1 is 1.32 bits per heavy atom. The summed E-state index contributed by atoms with van der Waals surface area (Å²) in [4.78, 5) is 7.06. The van der Waals surface area contributed by atoms with Crippen molar-refractivity contribution in [3.8, 4) is 0 Å². The Hall–Kier alpha value is -1.09. The lowest BCUT2D eigenvalue weighted by atomic mass is 9.87. The third-order valence-electron chi connectivity index (χ3n) is 3.86. The van der Waals surface area contributed by atoms with Crippen molar-refractivity contribution in [2.75, 3.05) is 19.0 Å². The third-order valence-corrected chi connectivity index (χ3v) is 3.86. The van der Waals surface area contributed by atoms with Crippen LogP contribution in [0, 0.1) is 5.41 Å². The van der Waals surface area contributed by atoms with Crippen molar-refractivity contribution in [3.63, 3.8) is 0 Å². The lowest BCUT2D eigenvalue weighted by molar-refractivity contribution is 0.328. The zero-order valence-corrected chi connectivity index (χ0v) is 13.5. The SMILES string of the molecule is CCc1cc(CNC)cc(N(C)C(C)C(C)(C)C)n1. The van der Waals surface area contributed by atoms with Gasteiger partial charge in [-0.3, -0.25) is 0 Å². The molecular weight excluding hydrogens is 234 g/mol. The van der Waals surface area contributed by atoms with E-state index >= 15 is 0 Å². The molecule has 3 nitrogen and oxygen atoms in total. The van der Waals surface area contributed by atoms with E-state index < -0.39 is 0 Å². The molecule has 1 atom stereocenters. The molecule has 0 aliphatic heterocycles. The Morgan fingerprint density at radius 3 is 2.42 bits per heavy atom. The van der Waals surface area contributed by atoms with Crippen LogP contribution in [-0.2, 0) is 13.0 Å². The van der Waals surface area contributed by atoms with Gasteiger partial charge in [0.05, 0.1) is 0 Å². The number of rotatable bonds is 5. The maximum absolute atomic E-state index is 4.77. The minimum Gasteiger partial charge on any atom is -0.356 e. The number of pyridine rings is 1. The van der Waals surface area contributed by atoms with E-state index in [1.54, 1.807) is 0 Å². The molecule has 0 saturated heterocycles. The van der Waals surface area contributed by atoms with Crippen molar-refractivity contribution in [1.29, 1.82) is 0 Å². The third kappa shape index (κ3) is 4.20. The lowest BCUT2D eigenvalue weighted by Gasteiger charge is -2.36. The molecule has 0 aliphatic rings. The van der Waals surface area contributed by atoms with Gasteiger partial charge < -0.3 is 10.2 Å². The number of aryl methyl sites for hydroxylation is 1. The number of hydrogen-bond acceptors (Lipinski definition) is 3. The second-order valence-corrected chi connectivity index (χ2v) is 6.36. The van der Waals surface area contributed by atoms with Crippen LogP contribution in [-0.4, -0.2) is 25.1 Å². The minimum atomic E-state index is 0.238. The molecular formula is C16H29N3. The van der Waals surface area contributed by atoms with E-state index in [-0.39, 0.29) is 5.41 Å². The van der Waals surface area contributed by atoms with Crippen LogP contribution in [0.1, 0.15) is 45.9 Å². The molecule has 0 radical (unpaired) electrons. The number of nitrogens with one attached hydrogen (secondary N) is 1. The summed E-state index contributed by atoms with van der Waals surface area (Å²) in [5.41, 5.74) is 2.70. The molecule has 0 aliphatic carbocycles. The lowest BCUT2D eigenvalue weighted by Crippen LogP contribution is -2.40. The number of aromatic nitrogens is 1. The first-order chi connectivity index (χ1) is 8.79. The Bertz CT molecular complexity index is 407. The van der Waals surface area contributed by atoms with Gasteiger partial charge in [-0.15, -0.1) is 0 Å². The molecule has 1 heterocycles. The van der Waals surface area contributed by atoms with E-state index in [0.717, 1.165) is 24.5 Å². The van der Waals surface area contributed by atoms with Gasteiger partial charge in [0.15, 0.2) is 0 Å². The molecule has 1 unspecified atom stereocenters. The summed E-state index contributed by atoms with van der Waals surface area (Å²) in [5.74, 6) is 1.08. The second-order valence-electron chi connectivity index (χ2n) is 6.36. The van der Waals surface area contributed by atoms with Gasteiger partial charge in [0, 0.05) is 25.3 Å². The van der Waals surface area contributed by atoms with E-state index in [2.05, 4.69) is 64.0 Å². The molecule has 0 saturated carbocycles. The van der Waals surface area contributed by atoms with Crippen LogP contribution in [0.15, 0.2) is 12.1 Å². The predicted octanol–water partition coefficient (Wildman–Crippen LogP) is 3.23. The normalized spacial score (nSPS) is 13.4. The summed E-state index contributed by atoms with van der Waals surface area (Å²) >= 11 is 0. The molecule has 0 bridgehead atoms. The Balaban J connectivity index is 3.07. The molecule has 19 heavy (non-hydrogen) atoms. The number of hydrogen-bond donors (Lipinski definition) is 1.